The van der Waals surface area contributed by atoms with Gasteiger partial charge in [0, 0.05) is 40.2 Å². The highest BCUT2D eigenvalue weighted by Gasteiger charge is 2.07. The first kappa shape index (κ1) is 22.0. The number of aliphatic imine (C=N–C) groups is 1. The van der Waals surface area contributed by atoms with Crippen LogP contribution in [0.1, 0.15) is 17.5 Å². The second-order valence-electron chi connectivity index (χ2n) is 5.83. The van der Waals surface area contributed by atoms with Crippen LogP contribution in [0, 0.1) is 0 Å². The SMILES string of the molecule is CN=C(NCCC(=O)NCc1ccccc1)N(C)Cc1ccccc1.I. The molecule has 0 atom stereocenters. The van der Waals surface area contributed by atoms with Crippen molar-refractivity contribution in [2.45, 2.75) is 19.5 Å². The highest BCUT2D eigenvalue weighted by atomic mass is 127. The van der Waals surface area contributed by atoms with Gasteiger partial charge in [0.15, 0.2) is 5.96 Å². The number of nitrogens with zero attached hydrogens (tertiary/aromatic N) is 2. The van der Waals surface area contributed by atoms with Crippen LogP contribution in [0.15, 0.2) is 65.7 Å². The Morgan fingerprint density at radius 2 is 1.54 bits per heavy atom. The second-order valence-corrected chi connectivity index (χ2v) is 5.83. The molecular formula is C20H27IN4O. The van der Waals surface area contributed by atoms with Crippen LogP contribution in [0.3, 0.4) is 0 Å². The van der Waals surface area contributed by atoms with E-state index < -0.39 is 0 Å². The lowest BCUT2D eigenvalue weighted by molar-refractivity contribution is -0.121. The van der Waals surface area contributed by atoms with Crippen molar-refractivity contribution in [1.29, 1.82) is 0 Å². The fourth-order valence-electron chi connectivity index (χ4n) is 2.49. The van der Waals surface area contributed by atoms with Crippen molar-refractivity contribution in [1.82, 2.24) is 15.5 Å². The van der Waals surface area contributed by atoms with Crippen molar-refractivity contribution < 1.29 is 4.79 Å². The zero-order valence-electron chi connectivity index (χ0n) is 15.3. The molecule has 2 N–H and O–H groups in total. The Balaban J connectivity index is 0.00000338. The molecule has 0 heterocycles. The smallest absolute Gasteiger partial charge is 0.222 e. The summed E-state index contributed by atoms with van der Waals surface area (Å²) in [5.41, 5.74) is 2.32. The molecule has 0 aliphatic heterocycles. The molecule has 0 aliphatic rings. The van der Waals surface area contributed by atoms with Crippen LogP contribution in [0.5, 0.6) is 0 Å². The van der Waals surface area contributed by atoms with E-state index in [2.05, 4.69) is 27.8 Å². The van der Waals surface area contributed by atoms with E-state index in [9.17, 15) is 4.79 Å². The first-order valence-electron chi connectivity index (χ1n) is 8.45. The summed E-state index contributed by atoms with van der Waals surface area (Å²) < 4.78 is 0. The molecule has 26 heavy (non-hydrogen) atoms. The third-order valence-electron chi connectivity index (χ3n) is 3.80. The van der Waals surface area contributed by atoms with Gasteiger partial charge in [-0.2, -0.15) is 0 Å². The monoisotopic (exact) mass is 466 g/mol. The topological polar surface area (TPSA) is 56.7 Å². The molecule has 2 aromatic rings. The van der Waals surface area contributed by atoms with Crippen LogP contribution in [0.2, 0.25) is 0 Å². The number of carbonyl (C=O) groups is 1. The Morgan fingerprint density at radius 1 is 0.962 bits per heavy atom. The summed E-state index contributed by atoms with van der Waals surface area (Å²) in [5, 5.41) is 6.16. The van der Waals surface area contributed by atoms with Crippen molar-refractivity contribution in [2.24, 2.45) is 4.99 Å². The predicted octanol–water partition coefficient (Wildman–Crippen LogP) is 3.02. The minimum absolute atomic E-state index is 0. The number of rotatable bonds is 7. The van der Waals surface area contributed by atoms with Gasteiger partial charge < -0.3 is 15.5 Å². The maximum atomic E-state index is 11.9. The maximum Gasteiger partial charge on any atom is 0.222 e. The Kier molecular flexibility index (Phi) is 10.4. The summed E-state index contributed by atoms with van der Waals surface area (Å²) in [7, 11) is 3.73. The summed E-state index contributed by atoms with van der Waals surface area (Å²) in [4.78, 5) is 18.3. The average molecular weight is 466 g/mol. The molecule has 0 bridgehead atoms. The Hall–Kier alpha value is -2.09. The normalized spacial score (nSPS) is 10.6. The Bertz CT molecular complexity index is 677. The summed E-state index contributed by atoms with van der Waals surface area (Å²) in [6.45, 7) is 1.87. The van der Waals surface area contributed by atoms with E-state index in [1.165, 1.54) is 5.56 Å². The summed E-state index contributed by atoms with van der Waals surface area (Å²) in [6.07, 6.45) is 0.408. The van der Waals surface area contributed by atoms with E-state index in [1.54, 1.807) is 7.05 Å². The number of halogens is 1. The zero-order chi connectivity index (χ0) is 17.9. The second kappa shape index (κ2) is 12.3. The number of nitrogens with one attached hydrogen (secondary N) is 2. The van der Waals surface area contributed by atoms with Gasteiger partial charge in [-0.05, 0) is 11.1 Å². The highest BCUT2D eigenvalue weighted by Crippen LogP contribution is 2.02. The van der Waals surface area contributed by atoms with Gasteiger partial charge in [-0.3, -0.25) is 9.79 Å². The fraction of sp³-hybridized carbons (Fsp3) is 0.300. The van der Waals surface area contributed by atoms with Crippen LogP contribution in [-0.2, 0) is 17.9 Å². The summed E-state index contributed by atoms with van der Waals surface area (Å²) in [5.74, 6) is 0.803. The first-order chi connectivity index (χ1) is 12.2. The Morgan fingerprint density at radius 3 is 2.12 bits per heavy atom. The van der Waals surface area contributed by atoms with Gasteiger partial charge in [-0.25, -0.2) is 0 Å². The van der Waals surface area contributed by atoms with Gasteiger partial charge in [0.2, 0.25) is 5.91 Å². The zero-order valence-corrected chi connectivity index (χ0v) is 17.6. The molecule has 0 unspecified atom stereocenters. The molecule has 0 radical (unpaired) electrons. The third-order valence-corrected chi connectivity index (χ3v) is 3.80. The molecule has 0 saturated carbocycles. The molecule has 140 valence electrons. The molecule has 5 nitrogen and oxygen atoms in total. The molecule has 0 fully saturated rings. The quantitative estimate of drug-likeness (QED) is 0.375. The molecule has 0 aromatic heterocycles. The number of amides is 1. The van der Waals surface area contributed by atoms with E-state index in [0.29, 0.717) is 19.5 Å². The van der Waals surface area contributed by atoms with E-state index in [-0.39, 0.29) is 29.9 Å². The fourth-order valence-corrected chi connectivity index (χ4v) is 2.49. The van der Waals surface area contributed by atoms with Crippen LogP contribution >= 0.6 is 24.0 Å². The van der Waals surface area contributed by atoms with Crippen molar-refractivity contribution in [3.05, 3.63) is 71.8 Å². The number of guanidine groups is 1. The molecule has 0 spiro atoms. The lowest BCUT2D eigenvalue weighted by Gasteiger charge is -2.22. The van der Waals surface area contributed by atoms with Crippen LogP contribution in [0.4, 0.5) is 0 Å². The van der Waals surface area contributed by atoms with E-state index in [0.717, 1.165) is 18.1 Å². The van der Waals surface area contributed by atoms with Gasteiger partial charge in [0.25, 0.3) is 0 Å². The lowest BCUT2D eigenvalue weighted by atomic mass is 10.2. The van der Waals surface area contributed by atoms with E-state index in [4.69, 9.17) is 0 Å². The molecule has 6 heteroatoms. The van der Waals surface area contributed by atoms with Crippen molar-refractivity contribution in [3.8, 4) is 0 Å². The summed E-state index contributed by atoms with van der Waals surface area (Å²) in [6, 6.07) is 20.1. The van der Waals surface area contributed by atoms with E-state index >= 15 is 0 Å². The maximum absolute atomic E-state index is 11.9. The van der Waals surface area contributed by atoms with Gasteiger partial charge in [-0.1, -0.05) is 60.7 Å². The predicted molar refractivity (Wildman–Crippen MR) is 118 cm³/mol. The van der Waals surface area contributed by atoms with Crippen LogP contribution in [-0.4, -0.2) is 37.4 Å². The van der Waals surface area contributed by atoms with Crippen molar-refractivity contribution >= 4 is 35.8 Å². The number of hydrogen-bond donors (Lipinski definition) is 2. The number of carbonyl (C=O) groups excluding carboxylic acids is 1. The minimum Gasteiger partial charge on any atom is -0.356 e. The van der Waals surface area contributed by atoms with Gasteiger partial charge in [-0.15, -0.1) is 24.0 Å². The first-order valence-corrected chi connectivity index (χ1v) is 8.45. The lowest BCUT2D eigenvalue weighted by Crippen LogP contribution is -2.40. The van der Waals surface area contributed by atoms with Crippen LogP contribution in [0.25, 0.3) is 0 Å². The molecule has 2 aromatic carbocycles. The van der Waals surface area contributed by atoms with E-state index in [1.807, 2.05) is 60.5 Å². The molecule has 0 aliphatic carbocycles. The third kappa shape index (κ3) is 7.86. The summed E-state index contributed by atoms with van der Waals surface area (Å²) >= 11 is 0. The molecule has 0 saturated heterocycles. The number of hydrogen-bond acceptors (Lipinski definition) is 2. The number of benzene rings is 2. The largest absolute Gasteiger partial charge is 0.356 e. The highest BCUT2D eigenvalue weighted by molar-refractivity contribution is 14.0. The standard InChI is InChI=1S/C20H26N4O.HI/c1-21-20(24(2)16-18-11-7-4-8-12-18)22-14-13-19(25)23-15-17-9-5-3-6-10-17;/h3-12H,13-16H2,1-2H3,(H,21,22)(H,23,25);1H. The van der Waals surface area contributed by atoms with Crippen molar-refractivity contribution in [3.63, 3.8) is 0 Å². The average Bonchev–Trinajstić information content (AvgIpc) is 2.65. The van der Waals surface area contributed by atoms with Gasteiger partial charge in [0.1, 0.15) is 0 Å². The Labute approximate surface area is 172 Å². The molecule has 2 rings (SSSR count). The van der Waals surface area contributed by atoms with Gasteiger partial charge >= 0.3 is 0 Å². The minimum atomic E-state index is 0. The van der Waals surface area contributed by atoms with Crippen LogP contribution < -0.4 is 10.6 Å². The van der Waals surface area contributed by atoms with Gasteiger partial charge in [0.05, 0.1) is 0 Å². The molecular weight excluding hydrogens is 439 g/mol. The van der Waals surface area contributed by atoms with Crippen molar-refractivity contribution in [2.75, 3.05) is 20.6 Å². The molecule has 1 amide bonds.